The van der Waals surface area contributed by atoms with Crippen molar-refractivity contribution in [2.24, 2.45) is 0 Å². The van der Waals surface area contributed by atoms with Crippen molar-refractivity contribution in [3.8, 4) is 11.3 Å². The van der Waals surface area contributed by atoms with Gasteiger partial charge >= 0.3 is 0 Å². The number of halogens is 3. The van der Waals surface area contributed by atoms with Crippen LogP contribution in [0.15, 0.2) is 59.6 Å². The van der Waals surface area contributed by atoms with E-state index in [9.17, 15) is 17.6 Å². The van der Waals surface area contributed by atoms with E-state index in [0.717, 1.165) is 18.4 Å². The number of nitrogens with one attached hydrogen (secondary N) is 1. The van der Waals surface area contributed by atoms with Crippen LogP contribution in [0.5, 0.6) is 0 Å². The average molecular weight is 439 g/mol. The zero-order valence-electron chi connectivity index (χ0n) is 14.4. The van der Waals surface area contributed by atoms with Crippen LogP contribution in [0.1, 0.15) is 10.4 Å². The van der Waals surface area contributed by atoms with Crippen LogP contribution in [-0.4, -0.2) is 25.6 Å². The van der Waals surface area contributed by atoms with Crippen molar-refractivity contribution in [1.82, 2.24) is 4.98 Å². The number of carbonyl (C=O) groups excluding carboxylic acids is 1. The van der Waals surface area contributed by atoms with Gasteiger partial charge in [0.1, 0.15) is 4.90 Å². The standard InChI is InChI=1S/C19H13Cl2FN2O3S/c1-28(26,27)16-8-7-14(21)17(18(16)22)19(25)24-11-5-6-13(20)12(10-11)15-4-2-3-9-23-15/h2-10H,1H3,(H,24,25). The van der Waals surface area contributed by atoms with Gasteiger partial charge in [-0.25, -0.2) is 12.8 Å². The molecular weight excluding hydrogens is 426 g/mol. The highest BCUT2D eigenvalue weighted by molar-refractivity contribution is 7.90. The maximum atomic E-state index is 14.6. The van der Waals surface area contributed by atoms with Gasteiger partial charge in [-0.05, 0) is 42.5 Å². The van der Waals surface area contributed by atoms with Crippen molar-refractivity contribution in [2.45, 2.75) is 4.90 Å². The number of pyridine rings is 1. The molecule has 0 spiro atoms. The van der Waals surface area contributed by atoms with Gasteiger partial charge in [-0.2, -0.15) is 0 Å². The molecule has 144 valence electrons. The second-order valence-electron chi connectivity index (χ2n) is 5.87. The number of hydrogen-bond donors (Lipinski definition) is 1. The highest BCUT2D eigenvalue weighted by atomic mass is 35.5. The number of carbonyl (C=O) groups is 1. The lowest BCUT2D eigenvalue weighted by Gasteiger charge is -2.12. The summed E-state index contributed by atoms with van der Waals surface area (Å²) in [5.74, 6) is -2.09. The summed E-state index contributed by atoms with van der Waals surface area (Å²) in [6.45, 7) is 0. The molecule has 2 aromatic carbocycles. The Morgan fingerprint density at radius 1 is 1.07 bits per heavy atom. The van der Waals surface area contributed by atoms with Gasteiger partial charge in [0.15, 0.2) is 15.7 Å². The Bertz CT molecular complexity index is 1170. The van der Waals surface area contributed by atoms with E-state index in [1.807, 2.05) is 0 Å². The van der Waals surface area contributed by atoms with E-state index in [2.05, 4.69) is 10.3 Å². The predicted molar refractivity (Wildman–Crippen MR) is 107 cm³/mol. The minimum atomic E-state index is -3.87. The Balaban J connectivity index is 1.99. The van der Waals surface area contributed by atoms with Crippen molar-refractivity contribution >= 4 is 44.6 Å². The predicted octanol–water partition coefficient (Wildman–Crippen LogP) is 4.85. The molecule has 0 bridgehead atoms. The molecule has 0 atom stereocenters. The third-order valence-corrected chi connectivity index (χ3v) is 5.61. The lowest BCUT2D eigenvalue weighted by molar-refractivity contribution is 0.102. The smallest absolute Gasteiger partial charge is 0.260 e. The zero-order chi connectivity index (χ0) is 20.5. The zero-order valence-corrected chi connectivity index (χ0v) is 16.7. The van der Waals surface area contributed by atoms with Gasteiger partial charge in [-0.1, -0.05) is 29.3 Å². The summed E-state index contributed by atoms with van der Waals surface area (Å²) in [5.41, 5.74) is 0.914. The summed E-state index contributed by atoms with van der Waals surface area (Å²) in [6, 6.07) is 12.1. The van der Waals surface area contributed by atoms with Gasteiger partial charge in [0.25, 0.3) is 5.91 Å². The van der Waals surface area contributed by atoms with E-state index in [1.165, 1.54) is 6.07 Å². The van der Waals surface area contributed by atoms with Crippen LogP contribution in [-0.2, 0) is 9.84 Å². The van der Waals surface area contributed by atoms with Crippen LogP contribution < -0.4 is 5.32 Å². The van der Waals surface area contributed by atoms with Crippen molar-refractivity contribution < 1.29 is 17.6 Å². The topological polar surface area (TPSA) is 76.1 Å². The Morgan fingerprint density at radius 3 is 2.43 bits per heavy atom. The number of rotatable bonds is 4. The first kappa shape index (κ1) is 20.3. The molecule has 1 N–H and O–H groups in total. The van der Waals surface area contributed by atoms with Crippen molar-refractivity contribution in [1.29, 1.82) is 0 Å². The second kappa shape index (κ2) is 7.87. The molecule has 0 aliphatic carbocycles. The molecule has 0 fully saturated rings. The third-order valence-electron chi connectivity index (χ3n) is 3.85. The van der Waals surface area contributed by atoms with Crippen LogP contribution in [0.4, 0.5) is 10.1 Å². The van der Waals surface area contributed by atoms with Gasteiger partial charge in [0.2, 0.25) is 0 Å². The Morgan fingerprint density at radius 2 is 1.79 bits per heavy atom. The minimum absolute atomic E-state index is 0.207. The lowest BCUT2D eigenvalue weighted by atomic mass is 10.1. The number of nitrogens with zero attached hydrogens (tertiary/aromatic N) is 1. The highest BCUT2D eigenvalue weighted by Crippen LogP contribution is 2.30. The number of hydrogen-bond acceptors (Lipinski definition) is 4. The first-order valence-electron chi connectivity index (χ1n) is 7.89. The first-order chi connectivity index (χ1) is 13.2. The molecule has 9 heteroatoms. The number of anilines is 1. The maximum Gasteiger partial charge on any atom is 0.260 e. The van der Waals surface area contributed by atoms with Crippen LogP contribution >= 0.6 is 23.2 Å². The Hall–Kier alpha value is -2.48. The van der Waals surface area contributed by atoms with Crippen LogP contribution in [0.2, 0.25) is 10.0 Å². The second-order valence-corrected chi connectivity index (χ2v) is 8.67. The van der Waals surface area contributed by atoms with Crippen LogP contribution in [0, 0.1) is 5.82 Å². The summed E-state index contributed by atoms with van der Waals surface area (Å²) in [5, 5.41) is 2.72. The van der Waals surface area contributed by atoms with E-state index in [0.29, 0.717) is 22.0 Å². The van der Waals surface area contributed by atoms with Crippen molar-refractivity contribution in [3.63, 3.8) is 0 Å². The van der Waals surface area contributed by atoms with Crippen LogP contribution in [0.25, 0.3) is 11.3 Å². The van der Waals surface area contributed by atoms with E-state index >= 15 is 0 Å². The fraction of sp³-hybridized carbons (Fsp3) is 0.0526. The maximum absolute atomic E-state index is 14.6. The number of sulfone groups is 1. The van der Waals surface area contributed by atoms with Crippen LogP contribution in [0.3, 0.4) is 0 Å². The fourth-order valence-electron chi connectivity index (χ4n) is 2.54. The van der Waals surface area contributed by atoms with E-state index in [1.54, 1.807) is 36.5 Å². The largest absolute Gasteiger partial charge is 0.322 e. The highest BCUT2D eigenvalue weighted by Gasteiger charge is 2.24. The molecular formula is C19H13Cl2FN2O3S. The molecule has 1 amide bonds. The molecule has 1 aromatic heterocycles. The molecule has 0 aliphatic rings. The number of benzene rings is 2. The molecule has 5 nitrogen and oxygen atoms in total. The third kappa shape index (κ3) is 4.16. The Kier molecular flexibility index (Phi) is 5.69. The summed E-state index contributed by atoms with van der Waals surface area (Å²) < 4.78 is 38.0. The molecule has 28 heavy (non-hydrogen) atoms. The molecule has 0 unspecified atom stereocenters. The summed E-state index contributed by atoms with van der Waals surface area (Å²) in [6.07, 6.45) is 2.45. The van der Waals surface area contributed by atoms with Gasteiger partial charge < -0.3 is 5.32 Å². The first-order valence-corrected chi connectivity index (χ1v) is 10.5. The summed E-state index contributed by atoms with van der Waals surface area (Å²) in [7, 11) is -3.87. The fourth-order valence-corrected chi connectivity index (χ4v) is 3.73. The Labute approximate surface area is 171 Å². The number of amides is 1. The van der Waals surface area contributed by atoms with Crippen molar-refractivity contribution in [3.05, 3.63) is 76.2 Å². The van der Waals surface area contributed by atoms with Gasteiger partial charge in [0.05, 0.1) is 21.3 Å². The van der Waals surface area contributed by atoms with Gasteiger partial charge in [-0.3, -0.25) is 9.78 Å². The van der Waals surface area contributed by atoms with E-state index < -0.39 is 32.0 Å². The quantitative estimate of drug-likeness (QED) is 0.631. The average Bonchev–Trinajstić information content (AvgIpc) is 2.63. The summed E-state index contributed by atoms with van der Waals surface area (Å²) >= 11 is 12.1. The number of aromatic nitrogens is 1. The lowest BCUT2D eigenvalue weighted by Crippen LogP contribution is -2.16. The molecule has 1 heterocycles. The minimum Gasteiger partial charge on any atom is -0.322 e. The monoisotopic (exact) mass is 438 g/mol. The molecule has 3 aromatic rings. The molecule has 3 rings (SSSR count). The SMILES string of the molecule is CS(=O)(=O)c1ccc(Cl)c(C(=O)Nc2ccc(Cl)c(-c3ccccn3)c2)c1F. The van der Waals surface area contributed by atoms with Gasteiger partial charge in [-0.15, -0.1) is 0 Å². The van der Waals surface area contributed by atoms with E-state index in [4.69, 9.17) is 23.2 Å². The van der Waals surface area contributed by atoms with Gasteiger partial charge in [0, 0.05) is 23.7 Å². The van der Waals surface area contributed by atoms with E-state index in [-0.39, 0.29) is 5.02 Å². The molecule has 0 aliphatic heterocycles. The molecule has 0 radical (unpaired) electrons. The molecule has 0 saturated heterocycles. The summed E-state index contributed by atoms with van der Waals surface area (Å²) in [4.78, 5) is 16.2. The normalized spacial score (nSPS) is 11.3. The molecule has 0 saturated carbocycles. The van der Waals surface area contributed by atoms with Crippen molar-refractivity contribution in [2.75, 3.05) is 11.6 Å².